The van der Waals surface area contributed by atoms with Crippen LogP contribution in [0, 0.1) is 6.92 Å². The molecule has 0 bridgehead atoms. The van der Waals surface area contributed by atoms with Gasteiger partial charge >= 0.3 is 0 Å². The van der Waals surface area contributed by atoms with Crippen LogP contribution in [0.2, 0.25) is 0 Å². The second-order valence-electron chi connectivity index (χ2n) is 6.24. The van der Waals surface area contributed by atoms with Gasteiger partial charge in [-0.1, -0.05) is 51.3 Å². The Labute approximate surface area is 139 Å². The predicted molar refractivity (Wildman–Crippen MR) is 97.7 cm³/mol. The third-order valence-electron chi connectivity index (χ3n) is 4.56. The van der Waals surface area contributed by atoms with Gasteiger partial charge in [0.05, 0.1) is 5.25 Å². The minimum Gasteiger partial charge on any atom is -0.325 e. The maximum atomic E-state index is 12.7. The Bertz CT molecular complexity index is 494. The highest BCUT2D eigenvalue weighted by atomic mass is 32.2. The first-order valence-corrected chi connectivity index (χ1v) is 9.64. The summed E-state index contributed by atoms with van der Waals surface area (Å²) in [5.74, 6) is 0.182. The van der Waals surface area contributed by atoms with E-state index >= 15 is 0 Å². The fourth-order valence-corrected chi connectivity index (χ4v) is 4.63. The van der Waals surface area contributed by atoms with Gasteiger partial charge in [-0.3, -0.25) is 4.79 Å². The van der Waals surface area contributed by atoms with Crippen LogP contribution in [0.25, 0.3) is 0 Å². The highest BCUT2D eigenvalue weighted by Crippen LogP contribution is 2.33. The van der Waals surface area contributed by atoms with E-state index in [4.69, 9.17) is 0 Å². The Morgan fingerprint density at radius 1 is 1.27 bits per heavy atom. The fourth-order valence-electron chi connectivity index (χ4n) is 3.18. The first-order valence-electron chi connectivity index (χ1n) is 8.70. The van der Waals surface area contributed by atoms with Crippen molar-refractivity contribution in [2.24, 2.45) is 0 Å². The Morgan fingerprint density at radius 2 is 2.00 bits per heavy atom. The SMILES string of the molecule is CCc1cccc(C)c1NC(=O)C(CC)SC1CCCCC1. The smallest absolute Gasteiger partial charge is 0.237 e. The van der Waals surface area contributed by atoms with Crippen molar-refractivity contribution in [2.45, 2.75) is 76.2 Å². The quantitative estimate of drug-likeness (QED) is 0.766. The number of hydrogen-bond acceptors (Lipinski definition) is 2. The van der Waals surface area contributed by atoms with Crippen LogP contribution in [0.15, 0.2) is 18.2 Å². The Hall–Kier alpha value is -0.960. The van der Waals surface area contributed by atoms with E-state index in [-0.39, 0.29) is 11.2 Å². The van der Waals surface area contributed by atoms with Crippen LogP contribution in [-0.4, -0.2) is 16.4 Å². The fraction of sp³-hybridized carbons (Fsp3) is 0.632. The molecule has 0 saturated heterocycles. The molecule has 1 unspecified atom stereocenters. The van der Waals surface area contributed by atoms with Crippen LogP contribution in [0.1, 0.15) is 63.5 Å². The molecule has 0 aliphatic heterocycles. The molecule has 1 aromatic carbocycles. The summed E-state index contributed by atoms with van der Waals surface area (Å²) >= 11 is 1.90. The predicted octanol–water partition coefficient (Wildman–Crippen LogP) is 5.34. The lowest BCUT2D eigenvalue weighted by Gasteiger charge is -2.25. The Balaban J connectivity index is 2.02. The summed E-state index contributed by atoms with van der Waals surface area (Å²) in [7, 11) is 0. The van der Waals surface area contributed by atoms with Crippen molar-refractivity contribution in [1.82, 2.24) is 0 Å². The maximum absolute atomic E-state index is 12.7. The van der Waals surface area contributed by atoms with E-state index in [9.17, 15) is 4.79 Å². The van der Waals surface area contributed by atoms with Crippen molar-refractivity contribution in [2.75, 3.05) is 5.32 Å². The summed E-state index contributed by atoms with van der Waals surface area (Å²) in [5.41, 5.74) is 3.41. The van der Waals surface area contributed by atoms with Crippen molar-refractivity contribution in [3.05, 3.63) is 29.3 Å². The molecule has 0 heterocycles. The highest BCUT2D eigenvalue weighted by molar-refractivity contribution is 8.01. The first kappa shape index (κ1) is 17.4. The van der Waals surface area contributed by atoms with E-state index < -0.39 is 0 Å². The molecule has 3 heteroatoms. The van der Waals surface area contributed by atoms with Crippen LogP contribution in [0.3, 0.4) is 0 Å². The molecule has 1 saturated carbocycles. The molecule has 0 radical (unpaired) electrons. The number of nitrogens with one attached hydrogen (secondary N) is 1. The monoisotopic (exact) mass is 319 g/mol. The summed E-state index contributed by atoms with van der Waals surface area (Å²) in [5, 5.41) is 3.96. The molecular weight excluding hydrogens is 290 g/mol. The Morgan fingerprint density at radius 3 is 2.64 bits per heavy atom. The van der Waals surface area contributed by atoms with Gasteiger partial charge in [-0.2, -0.15) is 0 Å². The van der Waals surface area contributed by atoms with Gasteiger partial charge in [-0.25, -0.2) is 0 Å². The second kappa shape index (κ2) is 8.61. The number of benzene rings is 1. The van der Waals surface area contributed by atoms with Crippen molar-refractivity contribution < 1.29 is 4.79 Å². The molecule has 122 valence electrons. The van der Waals surface area contributed by atoms with Gasteiger partial charge in [-0.05, 0) is 43.7 Å². The number of hydrogen-bond donors (Lipinski definition) is 1. The van der Waals surface area contributed by atoms with Crippen molar-refractivity contribution >= 4 is 23.4 Å². The standard InChI is InChI=1S/C19H29NOS/c1-4-15-11-9-10-14(3)18(15)20-19(21)17(5-2)22-16-12-7-6-8-13-16/h9-11,16-17H,4-8,12-13H2,1-3H3,(H,20,21). The number of thioether (sulfide) groups is 1. The lowest BCUT2D eigenvalue weighted by atomic mass is 10.0. The zero-order valence-electron chi connectivity index (χ0n) is 14.2. The van der Waals surface area contributed by atoms with E-state index in [1.54, 1.807) is 0 Å². The molecule has 0 aromatic heterocycles. The molecule has 2 rings (SSSR count). The number of rotatable bonds is 6. The molecule has 1 aliphatic carbocycles. The highest BCUT2D eigenvalue weighted by Gasteiger charge is 2.24. The topological polar surface area (TPSA) is 29.1 Å². The van der Waals surface area contributed by atoms with Gasteiger partial charge in [0.15, 0.2) is 0 Å². The minimum atomic E-state index is 0.0763. The van der Waals surface area contributed by atoms with Crippen LogP contribution in [0.5, 0.6) is 0 Å². The molecular formula is C19H29NOS. The first-order chi connectivity index (χ1) is 10.7. The number of anilines is 1. The molecule has 22 heavy (non-hydrogen) atoms. The molecule has 1 atom stereocenters. The number of carbonyl (C=O) groups excluding carboxylic acids is 1. The third-order valence-corrected chi connectivity index (χ3v) is 6.29. The maximum Gasteiger partial charge on any atom is 0.237 e. The average molecular weight is 320 g/mol. The van der Waals surface area contributed by atoms with Crippen LogP contribution >= 0.6 is 11.8 Å². The molecule has 1 N–H and O–H groups in total. The lowest BCUT2D eigenvalue weighted by molar-refractivity contribution is -0.115. The zero-order chi connectivity index (χ0) is 15.9. The molecule has 1 fully saturated rings. The van der Waals surface area contributed by atoms with Crippen molar-refractivity contribution in [3.8, 4) is 0 Å². The summed E-state index contributed by atoms with van der Waals surface area (Å²) < 4.78 is 0. The van der Waals surface area contributed by atoms with Crippen molar-refractivity contribution in [1.29, 1.82) is 0 Å². The van der Waals surface area contributed by atoms with Crippen LogP contribution < -0.4 is 5.32 Å². The van der Waals surface area contributed by atoms with E-state index in [1.165, 1.54) is 37.7 Å². The van der Waals surface area contributed by atoms with E-state index in [0.717, 1.165) is 24.1 Å². The van der Waals surface area contributed by atoms with Gasteiger partial charge in [0, 0.05) is 10.9 Å². The summed E-state index contributed by atoms with van der Waals surface area (Å²) in [6.45, 7) is 6.33. The van der Waals surface area contributed by atoms with Crippen LogP contribution in [-0.2, 0) is 11.2 Å². The van der Waals surface area contributed by atoms with Crippen molar-refractivity contribution in [3.63, 3.8) is 0 Å². The third kappa shape index (κ3) is 4.52. The van der Waals surface area contributed by atoms with Gasteiger partial charge in [0.2, 0.25) is 5.91 Å². The largest absolute Gasteiger partial charge is 0.325 e. The second-order valence-corrected chi connectivity index (χ2v) is 7.75. The average Bonchev–Trinajstić information content (AvgIpc) is 2.55. The summed E-state index contributed by atoms with van der Waals surface area (Å²) in [6, 6.07) is 6.25. The number of para-hydroxylation sites is 1. The lowest BCUT2D eigenvalue weighted by Crippen LogP contribution is -2.28. The summed E-state index contributed by atoms with van der Waals surface area (Å²) in [6.07, 6.45) is 8.42. The minimum absolute atomic E-state index is 0.0763. The van der Waals surface area contributed by atoms with Gasteiger partial charge in [0.1, 0.15) is 0 Å². The van der Waals surface area contributed by atoms with Gasteiger partial charge in [0.25, 0.3) is 0 Å². The van der Waals surface area contributed by atoms with E-state index in [1.807, 2.05) is 11.8 Å². The number of amides is 1. The number of aryl methyl sites for hydroxylation is 2. The number of carbonyl (C=O) groups is 1. The van der Waals surface area contributed by atoms with Gasteiger partial charge in [-0.15, -0.1) is 11.8 Å². The normalized spacial score (nSPS) is 17.2. The zero-order valence-corrected chi connectivity index (χ0v) is 15.0. The van der Waals surface area contributed by atoms with E-state index in [0.29, 0.717) is 5.25 Å². The molecule has 0 spiro atoms. The molecule has 2 nitrogen and oxygen atoms in total. The van der Waals surface area contributed by atoms with E-state index in [2.05, 4.69) is 44.3 Å². The molecule has 1 amide bonds. The molecule has 1 aromatic rings. The van der Waals surface area contributed by atoms with Crippen LogP contribution in [0.4, 0.5) is 5.69 Å². The Kier molecular flexibility index (Phi) is 6.81. The summed E-state index contributed by atoms with van der Waals surface area (Å²) in [4.78, 5) is 12.7. The van der Waals surface area contributed by atoms with Gasteiger partial charge < -0.3 is 5.32 Å². The molecule has 1 aliphatic rings.